The molecule has 0 heterocycles. The van der Waals surface area contributed by atoms with Crippen LogP contribution in [0.25, 0.3) is 0 Å². The van der Waals surface area contributed by atoms with Gasteiger partial charge in [0.25, 0.3) is 0 Å². The zero-order valence-corrected chi connectivity index (χ0v) is 12.8. The van der Waals surface area contributed by atoms with Gasteiger partial charge in [0.2, 0.25) is 5.91 Å². The molecule has 0 aromatic rings. The minimum Gasteiger partial charge on any atom is -0.480 e. The Balaban J connectivity index is 4.75. The molecule has 2 atom stereocenters. The quantitative estimate of drug-likeness (QED) is 0.723. The molecule has 3 amide bonds. The number of carboxylic acid groups (broad SMARTS) is 1. The number of aliphatic carboxylic acids is 1. The number of urea groups is 1. The third-order valence-electron chi connectivity index (χ3n) is 3.25. The summed E-state index contributed by atoms with van der Waals surface area (Å²) in [6.07, 6.45) is 0.637. The summed E-state index contributed by atoms with van der Waals surface area (Å²) in [5, 5.41) is 11.4. The summed E-state index contributed by atoms with van der Waals surface area (Å²) < 4.78 is 0. The van der Waals surface area contributed by atoms with Crippen molar-refractivity contribution in [2.75, 3.05) is 20.1 Å². The number of rotatable bonds is 7. The van der Waals surface area contributed by atoms with Gasteiger partial charge in [-0.05, 0) is 27.2 Å². The van der Waals surface area contributed by atoms with Crippen LogP contribution in [0.15, 0.2) is 0 Å². The molecule has 0 fully saturated rings. The summed E-state index contributed by atoms with van der Waals surface area (Å²) in [4.78, 5) is 37.5. The summed E-state index contributed by atoms with van der Waals surface area (Å²) >= 11 is 0. The number of likely N-dealkylation sites (N-methyl/N-ethyl adjacent to an activating group) is 1. The molecule has 0 aliphatic carbocycles. The number of hydrogen-bond donors (Lipinski definition) is 2. The van der Waals surface area contributed by atoms with Gasteiger partial charge >= 0.3 is 12.0 Å². The Morgan fingerprint density at radius 2 is 1.75 bits per heavy atom. The second-order valence-corrected chi connectivity index (χ2v) is 4.80. The van der Waals surface area contributed by atoms with Crippen molar-refractivity contribution in [3.63, 3.8) is 0 Å². The number of nitrogens with one attached hydrogen (secondary N) is 1. The molecule has 0 spiro atoms. The van der Waals surface area contributed by atoms with Gasteiger partial charge in [0.15, 0.2) is 0 Å². The summed E-state index contributed by atoms with van der Waals surface area (Å²) in [7, 11) is 1.65. The fourth-order valence-electron chi connectivity index (χ4n) is 1.61. The number of carboxylic acids is 1. The molecule has 116 valence electrons. The molecule has 0 rings (SSSR count). The molecule has 0 aromatic heterocycles. The van der Waals surface area contributed by atoms with E-state index in [2.05, 4.69) is 5.32 Å². The van der Waals surface area contributed by atoms with Gasteiger partial charge in [-0.15, -0.1) is 0 Å². The lowest BCUT2D eigenvalue weighted by Crippen LogP contribution is -2.53. The second-order valence-electron chi connectivity index (χ2n) is 4.80. The Kier molecular flexibility index (Phi) is 7.64. The molecule has 2 unspecified atom stereocenters. The van der Waals surface area contributed by atoms with Gasteiger partial charge in [0, 0.05) is 19.6 Å². The number of carbonyl (C=O) groups is 3. The van der Waals surface area contributed by atoms with Crippen LogP contribution < -0.4 is 5.32 Å². The highest BCUT2D eigenvalue weighted by Crippen LogP contribution is 2.04. The van der Waals surface area contributed by atoms with Crippen molar-refractivity contribution < 1.29 is 19.5 Å². The van der Waals surface area contributed by atoms with E-state index in [0.29, 0.717) is 13.0 Å². The highest BCUT2D eigenvalue weighted by atomic mass is 16.4. The number of nitrogens with zero attached hydrogens (tertiary/aromatic N) is 2. The smallest absolute Gasteiger partial charge is 0.323 e. The van der Waals surface area contributed by atoms with Crippen LogP contribution in [0.5, 0.6) is 0 Å². The molecule has 0 aliphatic heterocycles. The number of carbonyl (C=O) groups excluding carboxylic acids is 2. The maximum Gasteiger partial charge on any atom is 0.323 e. The third-order valence-corrected chi connectivity index (χ3v) is 3.25. The molecular weight excluding hydrogens is 262 g/mol. The van der Waals surface area contributed by atoms with Crippen molar-refractivity contribution in [3.05, 3.63) is 0 Å². The monoisotopic (exact) mass is 287 g/mol. The first-order valence-corrected chi connectivity index (χ1v) is 6.78. The Morgan fingerprint density at radius 1 is 1.20 bits per heavy atom. The average molecular weight is 287 g/mol. The maximum absolute atomic E-state index is 12.1. The fraction of sp³-hybridized carbons (Fsp3) is 0.769. The van der Waals surface area contributed by atoms with Crippen molar-refractivity contribution in [2.45, 2.75) is 46.2 Å². The zero-order valence-electron chi connectivity index (χ0n) is 12.8. The Bertz CT molecular complexity index is 360. The van der Waals surface area contributed by atoms with E-state index in [9.17, 15) is 14.4 Å². The molecule has 0 saturated heterocycles. The van der Waals surface area contributed by atoms with E-state index in [1.54, 1.807) is 20.9 Å². The average Bonchev–Trinajstić information content (AvgIpc) is 2.41. The first-order valence-electron chi connectivity index (χ1n) is 6.78. The molecule has 0 aromatic carbocycles. The van der Waals surface area contributed by atoms with Gasteiger partial charge in [-0.25, -0.2) is 4.79 Å². The summed E-state index contributed by atoms with van der Waals surface area (Å²) in [6, 6.07) is -1.43. The predicted molar refractivity (Wildman–Crippen MR) is 75.4 cm³/mol. The first kappa shape index (κ1) is 18.2. The van der Waals surface area contributed by atoms with Crippen molar-refractivity contribution >= 4 is 17.9 Å². The highest BCUT2D eigenvalue weighted by molar-refractivity contribution is 5.87. The molecule has 0 aliphatic rings. The van der Waals surface area contributed by atoms with Crippen LogP contribution in [-0.2, 0) is 9.59 Å². The molecule has 7 heteroatoms. The fourth-order valence-corrected chi connectivity index (χ4v) is 1.61. The molecule has 0 bridgehead atoms. The van der Waals surface area contributed by atoms with E-state index >= 15 is 0 Å². The van der Waals surface area contributed by atoms with Crippen LogP contribution in [0, 0.1) is 0 Å². The van der Waals surface area contributed by atoms with Crippen LogP contribution in [0.4, 0.5) is 4.79 Å². The van der Waals surface area contributed by atoms with E-state index < -0.39 is 18.0 Å². The highest BCUT2D eigenvalue weighted by Gasteiger charge is 2.25. The van der Waals surface area contributed by atoms with E-state index in [4.69, 9.17) is 5.11 Å². The van der Waals surface area contributed by atoms with Gasteiger partial charge in [0.05, 0.1) is 0 Å². The first-order chi connectivity index (χ1) is 9.24. The van der Waals surface area contributed by atoms with Gasteiger partial charge in [-0.1, -0.05) is 6.92 Å². The lowest BCUT2D eigenvalue weighted by molar-refractivity contribution is -0.138. The minimum atomic E-state index is -1.08. The van der Waals surface area contributed by atoms with Gasteiger partial charge in [-0.3, -0.25) is 9.59 Å². The standard InChI is InChI=1S/C13H25N3O4/c1-6-9(3)16(8-11(17)18)13(20)14-10(4)12(19)15(5)7-2/h9-10H,6-8H2,1-5H3,(H,14,20)(H,17,18). The van der Waals surface area contributed by atoms with Crippen molar-refractivity contribution in [3.8, 4) is 0 Å². The van der Waals surface area contributed by atoms with E-state index in [1.807, 2.05) is 13.8 Å². The molecule has 20 heavy (non-hydrogen) atoms. The van der Waals surface area contributed by atoms with E-state index in [1.165, 1.54) is 9.80 Å². The molecule has 0 saturated carbocycles. The van der Waals surface area contributed by atoms with E-state index in [0.717, 1.165) is 0 Å². The Morgan fingerprint density at radius 3 is 2.15 bits per heavy atom. The van der Waals surface area contributed by atoms with Gasteiger partial charge < -0.3 is 20.2 Å². The molecule has 2 N–H and O–H groups in total. The van der Waals surface area contributed by atoms with E-state index in [-0.39, 0.29) is 18.5 Å². The predicted octanol–water partition coefficient (Wildman–Crippen LogP) is 0.748. The van der Waals surface area contributed by atoms with Crippen LogP contribution >= 0.6 is 0 Å². The second kappa shape index (κ2) is 8.39. The van der Waals surface area contributed by atoms with Crippen molar-refractivity contribution in [2.24, 2.45) is 0 Å². The number of hydrogen-bond acceptors (Lipinski definition) is 3. The lowest BCUT2D eigenvalue weighted by atomic mass is 10.2. The van der Waals surface area contributed by atoms with Gasteiger partial charge in [0.1, 0.15) is 12.6 Å². The maximum atomic E-state index is 12.1. The van der Waals surface area contributed by atoms with Crippen LogP contribution in [0.2, 0.25) is 0 Å². The van der Waals surface area contributed by atoms with Gasteiger partial charge in [-0.2, -0.15) is 0 Å². The topological polar surface area (TPSA) is 90.0 Å². The van der Waals surface area contributed by atoms with Crippen LogP contribution in [-0.4, -0.2) is 65.0 Å². The molecule has 0 radical (unpaired) electrons. The van der Waals surface area contributed by atoms with Crippen LogP contribution in [0.1, 0.15) is 34.1 Å². The lowest BCUT2D eigenvalue weighted by Gasteiger charge is -2.29. The molecular formula is C13H25N3O4. The molecule has 7 nitrogen and oxygen atoms in total. The third kappa shape index (κ3) is 5.46. The summed E-state index contributed by atoms with van der Waals surface area (Å²) in [5.74, 6) is -1.29. The minimum absolute atomic E-state index is 0.208. The summed E-state index contributed by atoms with van der Waals surface area (Å²) in [6.45, 7) is 7.22. The van der Waals surface area contributed by atoms with Crippen molar-refractivity contribution in [1.82, 2.24) is 15.1 Å². The Hall–Kier alpha value is -1.79. The van der Waals surface area contributed by atoms with Crippen molar-refractivity contribution in [1.29, 1.82) is 0 Å². The largest absolute Gasteiger partial charge is 0.480 e. The Labute approximate surface area is 119 Å². The SMILES string of the molecule is CCC(C)N(CC(=O)O)C(=O)NC(C)C(=O)N(C)CC. The summed E-state index contributed by atoms with van der Waals surface area (Å²) in [5.41, 5.74) is 0. The zero-order chi connectivity index (χ0) is 15.9. The van der Waals surface area contributed by atoms with Crippen LogP contribution in [0.3, 0.4) is 0 Å². The number of amides is 3. The normalized spacial score (nSPS) is 13.2.